The van der Waals surface area contributed by atoms with Gasteiger partial charge in [-0.1, -0.05) is 30.3 Å². The summed E-state index contributed by atoms with van der Waals surface area (Å²) in [4.78, 5) is 17.2. The molecule has 1 amide bonds. The number of aromatic nitrogens is 1. The maximum Gasteiger partial charge on any atom is 0.276 e. The predicted molar refractivity (Wildman–Crippen MR) is 116 cm³/mol. The fourth-order valence-electron chi connectivity index (χ4n) is 5.27. The first kappa shape index (κ1) is 20.3. The van der Waals surface area contributed by atoms with E-state index in [2.05, 4.69) is 29.1 Å². The highest BCUT2D eigenvalue weighted by Gasteiger charge is 2.53. The number of aryl methyl sites for hydroxylation is 1. The zero-order valence-electron chi connectivity index (χ0n) is 17.9. The summed E-state index contributed by atoms with van der Waals surface area (Å²) in [5.74, 6) is 1.83. The molecule has 0 unspecified atom stereocenters. The number of fused-ring (bicyclic) bond motifs is 2. The summed E-state index contributed by atoms with van der Waals surface area (Å²) in [6.07, 6.45) is 3.94. The lowest BCUT2D eigenvalue weighted by Crippen LogP contribution is -2.39. The van der Waals surface area contributed by atoms with Gasteiger partial charge in [0.05, 0.1) is 6.61 Å². The monoisotopic (exact) mass is 423 g/mol. The van der Waals surface area contributed by atoms with Gasteiger partial charge in [0.2, 0.25) is 0 Å². The third kappa shape index (κ3) is 3.77. The average molecular weight is 424 g/mol. The number of para-hydroxylation sites is 1. The number of hydrogen-bond acceptors (Lipinski definition) is 6. The summed E-state index contributed by atoms with van der Waals surface area (Å²) in [6, 6.07) is 9.83. The van der Waals surface area contributed by atoms with Crippen molar-refractivity contribution < 1.29 is 19.2 Å². The minimum Gasteiger partial charge on any atom is -0.489 e. The summed E-state index contributed by atoms with van der Waals surface area (Å²) in [5.41, 5.74) is 2.45. The van der Waals surface area contributed by atoms with Crippen molar-refractivity contribution in [1.82, 2.24) is 15.0 Å². The quantitative estimate of drug-likeness (QED) is 0.769. The minimum atomic E-state index is -0.278. The maximum absolute atomic E-state index is 13.0. The van der Waals surface area contributed by atoms with Crippen molar-refractivity contribution in [3.05, 3.63) is 52.9 Å². The number of benzene rings is 1. The van der Waals surface area contributed by atoms with Crippen LogP contribution in [0, 0.1) is 11.3 Å². The fraction of sp³-hybridized carbons (Fsp3) is 0.500. The summed E-state index contributed by atoms with van der Waals surface area (Å²) < 4.78 is 11.2. The number of aliphatic hydroxyl groups is 1. The number of carbonyl (C=O) groups is 1. The molecular formula is C24H29N3O4. The molecule has 7 nitrogen and oxygen atoms in total. The Hall–Kier alpha value is -2.64. The molecule has 2 atom stereocenters. The molecule has 1 N–H and O–H groups in total. The standard InChI is InChI=1S/C24H29N3O4/c1-2-5-20-9-21(25-31-20)23(29)27-12-19-11-26(14-24(19,15-27)16-28)10-17-8-18-6-3-4-7-22(18)30-13-17/h3-4,6-9,19,28H,2,5,10-16H2,1H3/t19-,24+/m0/s1. The molecule has 0 spiro atoms. The van der Waals surface area contributed by atoms with Gasteiger partial charge in [-0.2, -0.15) is 0 Å². The van der Waals surface area contributed by atoms with Crippen molar-refractivity contribution in [3.63, 3.8) is 0 Å². The molecule has 2 aromatic rings. The summed E-state index contributed by atoms with van der Waals surface area (Å²) >= 11 is 0. The molecule has 5 rings (SSSR count). The fourth-order valence-corrected chi connectivity index (χ4v) is 5.27. The van der Waals surface area contributed by atoms with Crippen LogP contribution < -0.4 is 4.74 Å². The minimum absolute atomic E-state index is 0.0796. The van der Waals surface area contributed by atoms with Gasteiger partial charge in [0.1, 0.15) is 18.1 Å². The molecule has 1 aromatic heterocycles. The first-order chi connectivity index (χ1) is 15.1. The van der Waals surface area contributed by atoms with Crippen molar-refractivity contribution in [2.75, 3.05) is 45.9 Å². The normalized spacial score (nSPS) is 25.2. The van der Waals surface area contributed by atoms with Crippen LogP contribution in [-0.4, -0.2) is 71.9 Å². The number of carbonyl (C=O) groups excluding carboxylic acids is 1. The Bertz CT molecular complexity index is 1000. The van der Waals surface area contributed by atoms with Crippen LogP contribution in [0.25, 0.3) is 6.08 Å². The first-order valence-electron chi connectivity index (χ1n) is 11.1. The van der Waals surface area contributed by atoms with Gasteiger partial charge < -0.3 is 19.3 Å². The summed E-state index contributed by atoms with van der Waals surface area (Å²) in [5, 5.41) is 14.3. The molecule has 0 bridgehead atoms. The lowest BCUT2D eigenvalue weighted by molar-refractivity contribution is 0.0713. The van der Waals surface area contributed by atoms with Gasteiger partial charge >= 0.3 is 0 Å². The van der Waals surface area contributed by atoms with Crippen molar-refractivity contribution in [3.8, 4) is 5.75 Å². The van der Waals surface area contributed by atoms with Gasteiger partial charge in [-0.05, 0) is 30.1 Å². The van der Waals surface area contributed by atoms with E-state index in [1.165, 1.54) is 5.57 Å². The van der Waals surface area contributed by atoms with E-state index in [-0.39, 0.29) is 23.8 Å². The molecule has 4 heterocycles. The van der Waals surface area contributed by atoms with Crippen molar-refractivity contribution in [2.45, 2.75) is 19.8 Å². The number of nitrogens with zero attached hydrogens (tertiary/aromatic N) is 3. The number of rotatable bonds is 6. The van der Waals surface area contributed by atoms with Gasteiger partial charge in [0, 0.05) is 56.2 Å². The highest BCUT2D eigenvalue weighted by Crippen LogP contribution is 2.43. The van der Waals surface area contributed by atoms with Gasteiger partial charge in [-0.15, -0.1) is 0 Å². The topological polar surface area (TPSA) is 79.0 Å². The lowest BCUT2D eigenvalue weighted by Gasteiger charge is -2.28. The second-order valence-corrected chi connectivity index (χ2v) is 9.13. The molecule has 164 valence electrons. The van der Waals surface area contributed by atoms with Gasteiger partial charge in [-0.25, -0.2) is 0 Å². The highest BCUT2D eigenvalue weighted by molar-refractivity contribution is 5.92. The van der Waals surface area contributed by atoms with Crippen molar-refractivity contribution in [1.29, 1.82) is 0 Å². The van der Waals surface area contributed by atoms with Crippen LogP contribution in [0.2, 0.25) is 0 Å². The number of likely N-dealkylation sites (tertiary alicyclic amines) is 2. The summed E-state index contributed by atoms with van der Waals surface area (Å²) in [6.45, 7) is 6.40. The molecule has 1 aromatic carbocycles. The van der Waals surface area contributed by atoms with E-state index >= 15 is 0 Å². The largest absolute Gasteiger partial charge is 0.489 e. The molecule has 2 fully saturated rings. The number of ether oxygens (including phenoxy) is 1. The van der Waals surface area contributed by atoms with E-state index in [4.69, 9.17) is 9.26 Å². The zero-order valence-corrected chi connectivity index (χ0v) is 17.9. The van der Waals surface area contributed by atoms with Crippen LogP contribution in [0.3, 0.4) is 0 Å². The molecule has 3 aliphatic heterocycles. The van der Waals surface area contributed by atoms with Gasteiger partial charge in [-0.3, -0.25) is 9.69 Å². The second kappa shape index (κ2) is 8.13. The molecule has 7 heteroatoms. The highest BCUT2D eigenvalue weighted by atomic mass is 16.5. The number of amides is 1. The van der Waals surface area contributed by atoms with Gasteiger partial charge in [0.15, 0.2) is 5.69 Å². The van der Waals surface area contributed by atoms with Crippen LogP contribution in [0.15, 0.2) is 40.4 Å². The van der Waals surface area contributed by atoms with E-state index in [0.717, 1.165) is 49.5 Å². The maximum atomic E-state index is 13.0. The molecule has 3 aliphatic rings. The van der Waals surface area contributed by atoms with Crippen molar-refractivity contribution >= 4 is 12.0 Å². The third-order valence-corrected chi connectivity index (χ3v) is 6.82. The SMILES string of the molecule is CCCc1cc(C(=O)N2C[C@@H]3CN(CC4=Cc5ccccc5OC4)C[C@]3(CO)C2)no1. The first-order valence-corrected chi connectivity index (χ1v) is 11.1. The second-order valence-electron chi connectivity index (χ2n) is 9.13. The predicted octanol–water partition coefficient (Wildman–Crippen LogP) is 2.47. The van der Waals surface area contributed by atoms with Crippen molar-refractivity contribution in [2.24, 2.45) is 11.3 Å². The van der Waals surface area contributed by atoms with Crippen LogP contribution in [0.4, 0.5) is 0 Å². The van der Waals surface area contributed by atoms with Crippen LogP contribution >= 0.6 is 0 Å². The van der Waals surface area contributed by atoms with E-state index in [0.29, 0.717) is 25.4 Å². The number of hydrogen-bond donors (Lipinski definition) is 1. The zero-order chi connectivity index (χ0) is 21.4. The Labute approximate surface area is 182 Å². The van der Waals surface area contributed by atoms with Crippen LogP contribution in [0.5, 0.6) is 5.75 Å². The Morgan fingerprint density at radius 3 is 2.97 bits per heavy atom. The molecule has 0 saturated carbocycles. The van der Waals surface area contributed by atoms with Crippen LogP contribution in [0.1, 0.15) is 35.2 Å². The van der Waals surface area contributed by atoms with E-state index < -0.39 is 0 Å². The van der Waals surface area contributed by atoms with Crippen LogP contribution in [-0.2, 0) is 6.42 Å². The van der Waals surface area contributed by atoms with E-state index in [9.17, 15) is 9.90 Å². The Morgan fingerprint density at radius 2 is 2.16 bits per heavy atom. The third-order valence-electron chi connectivity index (χ3n) is 6.82. The summed E-state index contributed by atoms with van der Waals surface area (Å²) in [7, 11) is 0. The van der Waals surface area contributed by atoms with E-state index in [1.54, 1.807) is 6.07 Å². The lowest BCUT2D eigenvalue weighted by atomic mass is 9.82. The number of aliphatic hydroxyl groups excluding tert-OH is 1. The Balaban J connectivity index is 1.24. The molecule has 31 heavy (non-hydrogen) atoms. The molecule has 0 aliphatic carbocycles. The molecule has 2 saturated heterocycles. The Kier molecular flexibility index (Phi) is 5.32. The smallest absolute Gasteiger partial charge is 0.276 e. The average Bonchev–Trinajstić information content (AvgIpc) is 3.46. The molecule has 0 radical (unpaired) electrons. The van der Waals surface area contributed by atoms with E-state index in [1.807, 2.05) is 23.1 Å². The Morgan fingerprint density at radius 1 is 1.29 bits per heavy atom. The van der Waals surface area contributed by atoms with Gasteiger partial charge in [0.25, 0.3) is 5.91 Å². The molecular weight excluding hydrogens is 394 g/mol.